The van der Waals surface area contributed by atoms with E-state index in [1.54, 1.807) is 7.11 Å². The Bertz CT molecular complexity index is 1080. The molecule has 1 atom stereocenters. The van der Waals surface area contributed by atoms with Crippen LogP contribution in [0.2, 0.25) is 0 Å². The van der Waals surface area contributed by atoms with Crippen LogP contribution < -0.4 is 10.3 Å². The quantitative estimate of drug-likeness (QED) is 0.661. The lowest BCUT2D eigenvalue weighted by Gasteiger charge is -2.27. The fourth-order valence-corrected chi connectivity index (χ4v) is 4.63. The number of morpholine rings is 1. The van der Waals surface area contributed by atoms with E-state index in [9.17, 15) is 4.79 Å². The van der Waals surface area contributed by atoms with Crippen LogP contribution in [0.15, 0.2) is 35.3 Å². The van der Waals surface area contributed by atoms with Gasteiger partial charge in [0.15, 0.2) is 0 Å². The molecule has 0 spiro atoms. The van der Waals surface area contributed by atoms with Gasteiger partial charge in [0.05, 0.1) is 49.4 Å². The first-order valence-electron chi connectivity index (χ1n) is 10.4. The molecule has 0 bridgehead atoms. The summed E-state index contributed by atoms with van der Waals surface area (Å²) in [5.41, 5.74) is 2.02. The van der Waals surface area contributed by atoms with Crippen LogP contribution in [0.3, 0.4) is 0 Å². The zero-order valence-corrected chi connectivity index (χ0v) is 16.8. The van der Waals surface area contributed by atoms with E-state index in [-0.39, 0.29) is 11.6 Å². The Morgan fingerprint density at radius 3 is 2.72 bits per heavy atom. The maximum absolute atomic E-state index is 13.5. The summed E-state index contributed by atoms with van der Waals surface area (Å²) < 4.78 is 20.8. The molecular formula is C22H27N3O4. The molecule has 3 aromatic rings. The number of nitrogens with zero attached hydrogens (tertiary/aromatic N) is 3. The van der Waals surface area contributed by atoms with Crippen molar-refractivity contribution in [2.75, 3.05) is 53.2 Å². The summed E-state index contributed by atoms with van der Waals surface area (Å²) >= 11 is 0. The zero-order chi connectivity index (χ0) is 19.8. The number of rotatable bonds is 5. The average molecular weight is 397 g/mol. The molecule has 154 valence electrons. The minimum absolute atomic E-state index is 0.0568. The highest BCUT2D eigenvalue weighted by atomic mass is 16.5. The maximum atomic E-state index is 13.5. The van der Waals surface area contributed by atoms with E-state index >= 15 is 0 Å². The zero-order valence-electron chi connectivity index (χ0n) is 16.8. The van der Waals surface area contributed by atoms with E-state index in [0.29, 0.717) is 13.2 Å². The van der Waals surface area contributed by atoms with E-state index in [4.69, 9.17) is 14.2 Å². The number of hydrogen-bond donors (Lipinski definition) is 0. The minimum atomic E-state index is 0.0568. The number of para-hydroxylation sites is 1. The number of benzene rings is 1. The molecule has 0 radical (unpaired) electrons. The van der Waals surface area contributed by atoms with Gasteiger partial charge in [-0.15, -0.1) is 0 Å². The van der Waals surface area contributed by atoms with Crippen molar-refractivity contribution >= 4 is 21.8 Å². The van der Waals surface area contributed by atoms with E-state index in [0.717, 1.165) is 73.4 Å². The topological polar surface area (TPSA) is 57.9 Å². The van der Waals surface area contributed by atoms with E-state index in [2.05, 4.69) is 15.5 Å². The van der Waals surface area contributed by atoms with Crippen LogP contribution in [0.1, 0.15) is 12.5 Å². The van der Waals surface area contributed by atoms with Crippen LogP contribution in [0.25, 0.3) is 21.8 Å². The van der Waals surface area contributed by atoms with Crippen molar-refractivity contribution < 1.29 is 14.2 Å². The second kappa shape index (κ2) is 7.82. The van der Waals surface area contributed by atoms with Crippen LogP contribution in [0.5, 0.6) is 5.75 Å². The van der Waals surface area contributed by atoms with Gasteiger partial charge in [0.2, 0.25) is 0 Å². The highest BCUT2D eigenvalue weighted by Gasteiger charge is 2.23. The Hall–Kier alpha value is -2.35. The van der Waals surface area contributed by atoms with Gasteiger partial charge in [-0.3, -0.25) is 9.69 Å². The van der Waals surface area contributed by atoms with Gasteiger partial charge in [-0.1, -0.05) is 12.1 Å². The molecule has 2 saturated heterocycles. The Morgan fingerprint density at radius 2 is 1.97 bits per heavy atom. The molecule has 29 heavy (non-hydrogen) atoms. The van der Waals surface area contributed by atoms with E-state index < -0.39 is 0 Å². The van der Waals surface area contributed by atoms with Gasteiger partial charge in [-0.05, 0) is 18.6 Å². The molecule has 5 rings (SSSR count). The van der Waals surface area contributed by atoms with E-state index in [1.807, 2.05) is 29.0 Å². The third kappa shape index (κ3) is 3.23. The summed E-state index contributed by atoms with van der Waals surface area (Å²) in [6.45, 7) is 6.49. The molecule has 1 unspecified atom stereocenters. The number of hydrogen-bond acceptors (Lipinski definition) is 5. The smallest absolute Gasteiger partial charge is 0.260 e. The van der Waals surface area contributed by atoms with Crippen molar-refractivity contribution in [1.82, 2.24) is 14.0 Å². The minimum Gasteiger partial charge on any atom is -0.495 e. The standard InChI is InChI=1S/C22H27N3O4/c1-27-19-4-2-3-17-20-18(5-7-24(22(20)26)16-6-12-29-15-16)25(21(17)19)9-8-23-10-13-28-14-11-23/h2-5,7,16H,6,8-15H2,1H3. The highest BCUT2D eigenvalue weighted by molar-refractivity contribution is 6.09. The van der Waals surface area contributed by atoms with Gasteiger partial charge >= 0.3 is 0 Å². The molecule has 2 aromatic heterocycles. The first-order valence-corrected chi connectivity index (χ1v) is 10.4. The van der Waals surface area contributed by atoms with Crippen molar-refractivity contribution in [2.45, 2.75) is 19.0 Å². The highest BCUT2D eigenvalue weighted by Crippen LogP contribution is 2.33. The molecule has 7 heteroatoms. The predicted molar refractivity (Wildman–Crippen MR) is 112 cm³/mol. The third-order valence-corrected chi connectivity index (χ3v) is 6.19. The van der Waals surface area contributed by atoms with Crippen LogP contribution in [-0.4, -0.2) is 67.2 Å². The van der Waals surface area contributed by atoms with Crippen LogP contribution >= 0.6 is 0 Å². The largest absolute Gasteiger partial charge is 0.495 e. The monoisotopic (exact) mass is 397 g/mol. The summed E-state index contributed by atoms with van der Waals surface area (Å²) in [5.74, 6) is 0.802. The van der Waals surface area contributed by atoms with Gasteiger partial charge in [0.1, 0.15) is 5.75 Å². The summed E-state index contributed by atoms with van der Waals surface area (Å²) in [4.78, 5) is 15.9. The molecule has 0 saturated carbocycles. The molecule has 2 fully saturated rings. The lowest BCUT2D eigenvalue weighted by molar-refractivity contribution is 0.0366. The predicted octanol–water partition coefficient (Wildman–Crippen LogP) is 2.26. The Kier molecular flexibility index (Phi) is 5.03. The van der Waals surface area contributed by atoms with Crippen LogP contribution in [0, 0.1) is 0 Å². The fourth-order valence-electron chi connectivity index (χ4n) is 4.63. The Morgan fingerprint density at radius 1 is 1.10 bits per heavy atom. The SMILES string of the molecule is COc1cccc2c3c(=O)n(C4CCOC4)ccc3n(CCN3CCOCC3)c12. The van der Waals surface area contributed by atoms with Gasteiger partial charge in [-0.25, -0.2) is 0 Å². The average Bonchev–Trinajstić information content (AvgIpc) is 3.40. The van der Waals surface area contributed by atoms with Crippen molar-refractivity contribution in [1.29, 1.82) is 0 Å². The van der Waals surface area contributed by atoms with Crippen LogP contribution in [-0.2, 0) is 16.0 Å². The molecule has 2 aliphatic heterocycles. The second-order valence-corrected chi connectivity index (χ2v) is 7.77. The summed E-state index contributed by atoms with van der Waals surface area (Å²) in [7, 11) is 1.69. The summed E-state index contributed by atoms with van der Waals surface area (Å²) in [5, 5.41) is 1.73. The van der Waals surface area contributed by atoms with E-state index in [1.165, 1.54) is 0 Å². The Balaban J connectivity index is 1.65. The second-order valence-electron chi connectivity index (χ2n) is 7.77. The number of ether oxygens (including phenoxy) is 3. The van der Waals surface area contributed by atoms with Gasteiger partial charge in [-0.2, -0.15) is 0 Å². The molecule has 0 amide bonds. The fraction of sp³-hybridized carbons (Fsp3) is 0.500. The number of aromatic nitrogens is 2. The summed E-state index contributed by atoms with van der Waals surface area (Å²) in [6.07, 6.45) is 2.81. The van der Waals surface area contributed by atoms with Crippen LogP contribution in [0.4, 0.5) is 0 Å². The number of methoxy groups -OCH3 is 1. The normalized spacial score (nSPS) is 20.7. The van der Waals surface area contributed by atoms with Gasteiger partial charge < -0.3 is 23.3 Å². The lowest BCUT2D eigenvalue weighted by Crippen LogP contribution is -2.38. The van der Waals surface area contributed by atoms with Crippen molar-refractivity contribution in [3.8, 4) is 5.75 Å². The number of fused-ring (bicyclic) bond motifs is 3. The first-order chi connectivity index (χ1) is 14.3. The molecular weight excluding hydrogens is 370 g/mol. The number of pyridine rings is 1. The van der Waals surface area contributed by atoms with Gasteiger partial charge in [0, 0.05) is 44.4 Å². The van der Waals surface area contributed by atoms with Gasteiger partial charge in [0.25, 0.3) is 5.56 Å². The first kappa shape index (κ1) is 18.7. The third-order valence-electron chi connectivity index (χ3n) is 6.19. The molecule has 0 aliphatic carbocycles. The molecule has 0 N–H and O–H groups in total. The molecule has 7 nitrogen and oxygen atoms in total. The molecule has 4 heterocycles. The van der Waals surface area contributed by atoms with Crippen molar-refractivity contribution in [3.05, 3.63) is 40.8 Å². The Labute approximate surface area is 169 Å². The molecule has 1 aromatic carbocycles. The van der Waals surface area contributed by atoms with Crippen molar-refractivity contribution in [3.63, 3.8) is 0 Å². The summed E-state index contributed by atoms with van der Waals surface area (Å²) in [6, 6.07) is 8.15. The molecule has 2 aliphatic rings. The maximum Gasteiger partial charge on any atom is 0.260 e. The van der Waals surface area contributed by atoms with Crippen molar-refractivity contribution in [2.24, 2.45) is 0 Å². The lowest BCUT2D eigenvalue weighted by atomic mass is 10.1.